The number of hydrogen-bond acceptors (Lipinski definition) is 5. The van der Waals surface area contributed by atoms with Crippen molar-refractivity contribution in [3.05, 3.63) is 78.3 Å². The van der Waals surface area contributed by atoms with E-state index >= 15 is 0 Å². The van der Waals surface area contributed by atoms with Crippen molar-refractivity contribution in [3.8, 4) is 0 Å². The summed E-state index contributed by atoms with van der Waals surface area (Å²) in [6.45, 7) is 1.87. The van der Waals surface area contributed by atoms with Gasteiger partial charge in [-0.1, -0.05) is 36.0 Å². The minimum Gasteiger partial charge on any atom is -0.452 e. The fourth-order valence-corrected chi connectivity index (χ4v) is 4.80. The lowest BCUT2D eigenvalue weighted by molar-refractivity contribution is 0.249. The van der Waals surface area contributed by atoms with Crippen LogP contribution in [-0.2, 0) is 0 Å². The molecule has 2 atom stereocenters. The normalized spacial score (nSPS) is 18.8. The fourth-order valence-electron chi connectivity index (χ4n) is 3.67. The highest BCUT2D eigenvalue weighted by Gasteiger charge is 2.41. The second-order valence-electron chi connectivity index (χ2n) is 7.55. The third-order valence-electron chi connectivity index (χ3n) is 5.06. The van der Waals surface area contributed by atoms with Crippen LogP contribution < -0.4 is 5.32 Å². The minimum absolute atomic E-state index is 0.0281. The molecule has 0 saturated carbocycles. The molecule has 1 N–H and O–H groups in total. The monoisotopic (exact) mass is 438 g/mol. The molecule has 7 heteroatoms. The Morgan fingerprint density at radius 2 is 1.90 bits per heavy atom. The maximum atomic E-state index is 6.31. The van der Waals surface area contributed by atoms with Gasteiger partial charge in [0.2, 0.25) is 0 Å². The Labute approximate surface area is 187 Å². The first-order chi connectivity index (χ1) is 14.6. The van der Waals surface area contributed by atoms with Crippen molar-refractivity contribution in [2.24, 2.45) is 0 Å². The zero-order valence-electron chi connectivity index (χ0n) is 17.2. The fraction of sp³-hybridized carbons (Fsp3) is 0.304. The van der Waals surface area contributed by atoms with Gasteiger partial charge in [-0.3, -0.25) is 4.98 Å². The quantitative estimate of drug-likeness (QED) is 0.509. The van der Waals surface area contributed by atoms with Crippen LogP contribution in [0.5, 0.6) is 0 Å². The maximum Gasteiger partial charge on any atom is 0.170 e. The third kappa shape index (κ3) is 4.86. The third-order valence-corrected chi connectivity index (χ3v) is 6.34. The van der Waals surface area contributed by atoms with Crippen molar-refractivity contribution in [2.45, 2.75) is 28.5 Å². The smallest absolute Gasteiger partial charge is 0.170 e. The first-order valence-electron chi connectivity index (χ1n) is 10.1. The molecule has 2 aromatic heterocycles. The summed E-state index contributed by atoms with van der Waals surface area (Å²) < 4.78 is 6.31. The van der Waals surface area contributed by atoms with E-state index in [4.69, 9.17) is 16.6 Å². The summed E-state index contributed by atoms with van der Waals surface area (Å²) in [6.07, 6.45) is 2.84. The Hall–Kier alpha value is -2.35. The Bertz CT molecular complexity index is 962. The van der Waals surface area contributed by atoms with Crippen LogP contribution in [0, 0.1) is 0 Å². The first kappa shape index (κ1) is 20.9. The molecule has 1 aromatic carbocycles. The van der Waals surface area contributed by atoms with Crippen LogP contribution >= 0.6 is 24.0 Å². The van der Waals surface area contributed by atoms with Crippen molar-refractivity contribution < 1.29 is 4.42 Å². The van der Waals surface area contributed by atoms with Crippen molar-refractivity contribution in [2.75, 3.05) is 27.2 Å². The highest BCUT2D eigenvalue weighted by Crippen LogP contribution is 2.41. The molecule has 0 radical (unpaired) electrons. The number of aromatic nitrogens is 1. The molecule has 156 valence electrons. The van der Waals surface area contributed by atoms with Crippen molar-refractivity contribution in [3.63, 3.8) is 0 Å². The van der Waals surface area contributed by atoms with Crippen LogP contribution in [0.25, 0.3) is 0 Å². The summed E-state index contributed by atoms with van der Waals surface area (Å²) in [5.74, 6) is 0.904. The van der Waals surface area contributed by atoms with Crippen LogP contribution in [-0.4, -0.2) is 47.1 Å². The van der Waals surface area contributed by atoms with Gasteiger partial charge < -0.3 is 19.5 Å². The summed E-state index contributed by atoms with van der Waals surface area (Å²) in [5, 5.41) is 5.11. The van der Waals surface area contributed by atoms with E-state index in [9.17, 15) is 0 Å². The molecule has 1 aliphatic heterocycles. The Balaban J connectivity index is 1.60. The van der Waals surface area contributed by atoms with Crippen LogP contribution in [0.3, 0.4) is 0 Å². The van der Waals surface area contributed by atoms with Crippen LogP contribution in [0.2, 0.25) is 0 Å². The molecule has 1 aliphatic rings. The second-order valence-corrected chi connectivity index (χ2v) is 9.01. The van der Waals surface area contributed by atoms with Gasteiger partial charge in [0.1, 0.15) is 11.8 Å². The van der Waals surface area contributed by atoms with Gasteiger partial charge in [0, 0.05) is 17.6 Å². The Morgan fingerprint density at radius 3 is 2.63 bits per heavy atom. The molecule has 0 spiro atoms. The van der Waals surface area contributed by atoms with Gasteiger partial charge in [-0.15, -0.1) is 0 Å². The van der Waals surface area contributed by atoms with Gasteiger partial charge in [0.25, 0.3) is 0 Å². The summed E-state index contributed by atoms with van der Waals surface area (Å²) in [4.78, 5) is 10.2. The number of thiocarbonyl (C=S) groups is 1. The summed E-state index contributed by atoms with van der Waals surface area (Å²) >= 11 is 7.34. The van der Waals surface area contributed by atoms with Crippen molar-refractivity contribution in [1.29, 1.82) is 0 Å². The van der Waals surface area contributed by atoms with E-state index < -0.39 is 0 Å². The zero-order chi connectivity index (χ0) is 20.9. The molecule has 0 unspecified atom stereocenters. The van der Waals surface area contributed by atoms with E-state index in [0.717, 1.165) is 46.1 Å². The first-order valence-corrected chi connectivity index (χ1v) is 11.3. The summed E-state index contributed by atoms with van der Waals surface area (Å²) in [6, 6.07) is 20.3. The van der Waals surface area contributed by atoms with Gasteiger partial charge in [-0.05, 0) is 75.7 Å². The topological polar surface area (TPSA) is 44.5 Å². The van der Waals surface area contributed by atoms with Gasteiger partial charge in [-0.25, -0.2) is 0 Å². The highest BCUT2D eigenvalue weighted by molar-refractivity contribution is 7.99. The predicted molar refractivity (Wildman–Crippen MR) is 125 cm³/mol. The van der Waals surface area contributed by atoms with Crippen molar-refractivity contribution >= 4 is 29.1 Å². The average molecular weight is 439 g/mol. The molecular formula is C23H26N4OS2. The molecule has 3 aromatic rings. The van der Waals surface area contributed by atoms with Crippen LogP contribution in [0.1, 0.15) is 30.0 Å². The summed E-state index contributed by atoms with van der Waals surface area (Å²) in [5.41, 5.74) is 0.966. The second kappa shape index (κ2) is 9.64. The van der Waals surface area contributed by atoms with E-state index in [1.165, 1.54) is 0 Å². The lowest BCUT2D eigenvalue weighted by Gasteiger charge is -2.26. The lowest BCUT2D eigenvalue weighted by Crippen LogP contribution is -2.32. The van der Waals surface area contributed by atoms with Gasteiger partial charge in [0.05, 0.1) is 11.7 Å². The number of nitrogens with zero attached hydrogens (tertiary/aromatic N) is 3. The number of pyridine rings is 1. The highest BCUT2D eigenvalue weighted by atomic mass is 32.2. The molecule has 3 heterocycles. The Morgan fingerprint density at radius 1 is 1.10 bits per heavy atom. The summed E-state index contributed by atoms with van der Waals surface area (Å²) in [7, 11) is 4.18. The standard InChI is InChI=1S/C23H26N4OS2/c1-26(2)15-8-16-27-22(21(25-23(27)29)18-11-6-7-14-24-18)19-12-13-20(28-19)30-17-9-4-3-5-10-17/h3-7,9-14,21-22H,8,15-16H2,1-2H3,(H,25,29)/t21-,22+/m0/s1. The SMILES string of the molecule is CN(C)CCCN1C(=S)N[C@@H](c2ccccn2)[C@H]1c1ccc(Sc2ccccc2)o1. The molecular weight excluding hydrogens is 412 g/mol. The predicted octanol–water partition coefficient (Wildman–Crippen LogP) is 4.75. The van der Waals surface area contributed by atoms with E-state index in [1.54, 1.807) is 11.8 Å². The molecule has 0 bridgehead atoms. The molecule has 0 aliphatic carbocycles. The minimum atomic E-state index is -0.0428. The molecule has 1 fully saturated rings. The molecule has 1 saturated heterocycles. The molecule has 4 rings (SSSR count). The van der Waals surface area contributed by atoms with Crippen LogP contribution in [0.4, 0.5) is 0 Å². The van der Waals surface area contributed by atoms with E-state index in [2.05, 4.69) is 52.4 Å². The van der Waals surface area contributed by atoms with Gasteiger partial charge >= 0.3 is 0 Å². The van der Waals surface area contributed by atoms with E-state index in [1.807, 2.05) is 48.7 Å². The average Bonchev–Trinajstić information content (AvgIpc) is 3.33. The zero-order valence-corrected chi connectivity index (χ0v) is 18.8. The number of furan rings is 1. The van der Waals surface area contributed by atoms with E-state index in [0.29, 0.717) is 0 Å². The van der Waals surface area contributed by atoms with Crippen LogP contribution in [0.15, 0.2) is 81.3 Å². The molecule has 5 nitrogen and oxygen atoms in total. The number of rotatable bonds is 8. The Kier molecular flexibility index (Phi) is 6.72. The molecule has 0 amide bonds. The van der Waals surface area contributed by atoms with Gasteiger partial charge in [0.15, 0.2) is 10.2 Å². The molecule has 30 heavy (non-hydrogen) atoms. The van der Waals surface area contributed by atoms with Gasteiger partial charge in [-0.2, -0.15) is 0 Å². The number of nitrogens with one attached hydrogen (secondary N) is 1. The maximum absolute atomic E-state index is 6.31. The number of benzene rings is 1. The largest absolute Gasteiger partial charge is 0.452 e. The van der Waals surface area contributed by atoms with Crippen molar-refractivity contribution in [1.82, 2.24) is 20.1 Å². The lowest BCUT2D eigenvalue weighted by atomic mass is 10.0. The van der Waals surface area contributed by atoms with E-state index in [-0.39, 0.29) is 12.1 Å². The number of hydrogen-bond donors (Lipinski definition) is 1.